The molecule has 0 saturated carbocycles. The minimum atomic E-state index is -0.265. The predicted molar refractivity (Wildman–Crippen MR) is 68.3 cm³/mol. The Labute approximate surface area is 100 Å². The molecule has 0 aromatic rings. The minimum absolute atomic E-state index is 0.265. The summed E-state index contributed by atoms with van der Waals surface area (Å²) >= 11 is 0. The van der Waals surface area contributed by atoms with Gasteiger partial charge in [0, 0.05) is 5.57 Å². The quantitative estimate of drug-likeness (QED) is 0.336. The van der Waals surface area contributed by atoms with Gasteiger partial charge in [-0.3, -0.25) is 0 Å². The largest absolute Gasteiger partial charge is 0.462 e. The van der Waals surface area contributed by atoms with Crippen molar-refractivity contribution < 1.29 is 9.53 Å². The Morgan fingerprint density at radius 2 is 1.88 bits per heavy atom. The van der Waals surface area contributed by atoms with Crippen LogP contribution in [0.3, 0.4) is 0 Å². The fourth-order valence-electron chi connectivity index (χ4n) is 1.61. The first kappa shape index (κ1) is 15.2. The van der Waals surface area contributed by atoms with Gasteiger partial charge in [0.05, 0.1) is 6.61 Å². The van der Waals surface area contributed by atoms with Crippen molar-refractivity contribution in [2.24, 2.45) is 5.92 Å². The van der Waals surface area contributed by atoms with Crippen molar-refractivity contribution in [3.63, 3.8) is 0 Å². The maximum atomic E-state index is 11.1. The molecule has 0 aromatic heterocycles. The first-order chi connectivity index (χ1) is 7.57. The van der Waals surface area contributed by atoms with E-state index in [1.165, 1.54) is 25.7 Å². The Hall–Kier alpha value is -0.790. The Morgan fingerprint density at radius 3 is 2.44 bits per heavy atom. The van der Waals surface area contributed by atoms with Crippen LogP contribution in [0.4, 0.5) is 0 Å². The highest BCUT2D eigenvalue weighted by Gasteiger charge is 2.04. The molecule has 1 atom stereocenters. The van der Waals surface area contributed by atoms with Crippen LogP contribution >= 0.6 is 0 Å². The van der Waals surface area contributed by atoms with Crippen LogP contribution in [0.1, 0.15) is 59.3 Å². The molecule has 2 nitrogen and oxygen atoms in total. The summed E-state index contributed by atoms with van der Waals surface area (Å²) in [5.74, 6) is 0.480. The van der Waals surface area contributed by atoms with E-state index in [1.807, 2.05) is 0 Å². The third-order valence-electron chi connectivity index (χ3n) is 2.72. The molecule has 0 aromatic carbocycles. The molecule has 16 heavy (non-hydrogen) atoms. The lowest BCUT2D eigenvalue weighted by molar-refractivity contribution is -0.139. The summed E-state index contributed by atoms with van der Waals surface area (Å²) in [6.07, 6.45) is 7.34. The van der Waals surface area contributed by atoms with E-state index in [0.29, 0.717) is 12.2 Å². The molecule has 0 radical (unpaired) electrons. The molecule has 2 heteroatoms. The summed E-state index contributed by atoms with van der Waals surface area (Å²) in [6.45, 7) is 10.3. The highest BCUT2D eigenvalue weighted by molar-refractivity contribution is 5.86. The zero-order valence-electron chi connectivity index (χ0n) is 11.1. The summed E-state index contributed by atoms with van der Waals surface area (Å²) < 4.78 is 5.04. The van der Waals surface area contributed by atoms with E-state index in [2.05, 4.69) is 20.4 Å². The van der Waals surface area contributed by atoms with Gasteiger partial charge in [-0.1, -0.05) is 46.1 Å². The monoisotopic (exact) mass is 226 g/mol. The molecule has 0 heterocycles. The van der Waals surface area contributed by atoms with Crippen molar-refractivity contribution in [2.75, 3.05) is 6.61 Å². The second kappa shape index (κ2) is 9.44. The van der Waals surface area contributed by atoms with E-state index in [-0.39, 0.29) is 5.97 Å². The lowest BCUT2D eigenvalue weighted by atomic mass is 9.98. The number of rotatable bonds is 9. The fourth-order valence-corrected chi connectivity index (χ4v) is 1.61. The van der Waals surface area contributed by atoms with Gasteiger partial charge in [0.1, 0.15) is 0 Å². The highest BCUT2D eigenvalue weighted by atomic mass is 16.5. The van der Waals surface area contributed by atoms with Crippen LogP contribution in [0.25, 0.3) is 0 Å². The van der Waals surface area contributed by atoms with Crippen LogP contribution in [-0.2, 0) is 9.53 Å². The number of carbonyl (C=O) groups excluding carboxylic acids is 1. The summed E-state index contributed by atoms with van der Waals surface area (Å²) in [5.41, 5.74) is 0.482. The molecule has 0 aliphatic carbocycles. The number of ether oxygens (including phenoxy) is 1. The minimum Gasteiger partial charge on any atom is -0.462 e. The van der Waals surface area contributed by atoms with E-state index < -0.39 is 0 Å². The average molecular weight is 226 g/mol. The maximum absolute atomic E-state index is 11.1. The van der Waals surface area contributed by atoms with Crippen LogP contribution < -0.4 is 0 Å². The number of hydrogen-bond donors (Lipinski definition) is 0. The molecule has 94 valence electrons. The molecule has 0 N–H and O–H groups in total. The second-order valence-electron chi connectivity index (χ2n) is 4.66. The third-order valence-corrected chi connectivity index (χ3v) is 2.72. The molecule has 0 fully saturated rings. The Kier molecular flexibility index (Phi) is 8.97. The molecule has 0 saturated heterocycles. The van der Waals surface area contributed by atoms with E-state index in [1.54, 1.807) is 6.92 Å². The van der Waals surface area contributed by atoms with Crippen molar-refractivity contribution in [1.82, 2.24) is 0 Å². The van der Waals surface area contributed by atoms with Crippen LogP contribution in [0.5, 0.6) is 0 Å². The zero-order valence-corrected chi connectivity index (χ0v) is 11.1. The number of esters is 1. The van der Waals surface area contributed by atoms with Crippen molar-refractivity contribution >= 4 is 5.97 Å². The van der Waals surface area contributed by atoms with Crippen molar-refractivity contribution in [1.29, 1.82) is 0 Å². The van der Waals surface area contributed by atoms with Crippen LogP contribution in [0.2, 0.25) is 0 Å². The Morgan fingerprint density at radius 1 is 1.25 bits per heavy atom. The zero-order chi connectivity index (χ0) is 12.4. The van der Waals surface area contributed by atoms with Crippen molar-refractivity contribution in [3.8, 4) is 0 Å². The highest BCUT2D eigenvalue weighted by Crippen LogP contribution is 2.14. The summed E-state index contributed by atoms with van der Waals surface area (Å²) in [6, 6.07) is 0. The number of unbranched alkanes of at least 4 members (excludes halogenated alkanes) is 2. The van der Waals surface area contributed by atoms with Crippen LogP contribution in [-0.4, -0.2) is 12.6 Å². The summed E-state index contributed by atoms with van der Waals surface area (Å²) in [7, 11) is 0. The van der Waals surface area contributed by atoms with Gasteiger partial charge in [-0.15, -0.1) is 0 Å². The first-order valence-electron chi connectivity index (χ1n) is 6.40. The molecule has 0 aliphatic rings. The maximum Gasteiger partial charge on any atom is 0.333 e. The third kappa shape index (κ3) is 8.51. The first-order valence-corrected chi connectivity index (χ1v) is 6.40. The number of hydrogen-bond acceptors (Lipinski definition) is 2. The van der Waals surface area contributed by atoms with Gasteiger partial charge in [-0.25, -0.2) is 4.79 Å². The van der Waals surface area contributed by atoms with Gasteiger partial charge < -0.3 is 4.74 Å². The van der Waals surface area contributed by atoms with Crippen LogP contribution in [0.15, 0.2) is 12.2 Å². The summed E-state index contributed by atoms with van der Waals surface area (Å²) in [5, 5.41) is 0. The topological polar surface area (TPSA) is 26.3 Å². The molecular formula is C14H26O2. The van der Waals surface area contributed by atoms with E-state index >= 15 is 0 Å². The molecule has 0 bridgehead atoms. The van der Waals surface area contributed by atoms with Gasteiger partial charge in [0.15, 0.2) is 0 Å². The van der Waals surface area contributed by atoms with Crippen molar-refractivity contribution in [3.05, 3.63) is 12.2 Å². The molecule has 0 spiro atoms. The van der Waals surface area contributed by atoms with E-state index in [9.17, 15) is 4.79 Å². The van der Waals surface area contributed by atoms with Gasteiger partial charge in [0.25, 0.3) is 0 Å². The SMILES string of the molecule is C=C(C)C(=O)OCCCC(C)CCCCC. The van der Waals surface area contributed by atoms with Gasteiger partial charge in [-0.05, 0) is 25.7 Å². The fraction of sp³-hybridized carbons (Fsp3) is 0.786. The average Bonchev–Trinajstić information content (AvgIpc) is 2.24. The lowest BCUT2D eigenvalue weighted by Gasteiger charge is -2.10. The van der Waals surface area contributed by atoms with E-state index in [0.717, 1.165) is 18.8 Å². The predicted octanol–water partition coefficient (Wildman–Crippen LogP) is 4.10. The number of carbonyl (C=O) groups is 1. The molecule has 0 rings (SSSR count). The molecule has 0 aliphatic heterocycles. The molecule has 0 amide bonds. The van der Waals surface area contributed by atoms with Crippen molar-refractivity contribution in [2.45, 2.75) is 59.3 Å². The standard InChI is InChI=1S/C14H26O2/c1-5-6-7-9-13(4)10-8-11-16-14(15)12(2)3/h13H,2,5-11H2,1,3-4H3. The van der Waals surface area contributed by atoms with Gasteiger partial charge >= 0.3 is 5.97 Å². The van der Waals surface area contributed by atoms with E-state index in [4.69, 9.17) is 4.74 Å². The normalized spacial score (nSPS) is 12.2. The van der Waals surface area contributed by atoms with Gasteiger partial charge in [-0.2, -0.15) is 0 Å². The lowest BCUT2D eigenvalue weighted by Crippen LogP contribution is -2.07. The second-order valence-corrected chi connectivity index (χ2v) is 4.66. The van der Waals surface area contributed by atoms with Crippen LogP contribution in [0, 0.1) is 5.92 Å². The Bertz CT molecular complexity index is 209. The molecule has 1 unspecified atom stereocenters. The smallest absolute Gasteiger partial charge is 0.333 e. The van der Waals surface area contributed by atoms with Gasteiger partial charge in [0.2, 0.25) is 0 Å². The molecular weight excluding hydrogens is 200 g/mol. The summed E-state index contributed by atoms with van der Waals surface area (Å²) in [4.78, 5) is 11.1. The Balaban J connectivity index is 3.37.